The number of carbonyl (C=O) groups excluding carboxylic acids is 1. The first-order valence-electron chi connectivity index (χ1n) is 7.09. The van der Waals surface area contributed by atoms with Crippen molar-refractivity contribution in [3.63, 3.8) is 0 Å². The van der Waals surface area contributed by atoms with Gasteiger partial charge in [0.15, 0.2) is 5.78 Å². The number of morpholine rings is 1. The normalized spacial score (nSPS) is 30.1. The van der Waals surface area contributed by atoms with Crippen molar-refractivity contribution < 1.29 is 9.53 Å². The quantitative estimate of drug-likeness (QED) is 0.828. The maximum absolute atomic E-state index is 12.6. The Bertz CT molecular complexity index is 486. The standard InChI is InChI=1S/C16H21NO2/c1-10-3-4-12(5-11(10)2)16(18)13-6-14-8-19-9-15(7-13)17-14/h3-5,13-15,17H,6-9H2,1-2H3. The van der Waals surface area contributed by atoms with Crippen LogP contribution >= 0.6 is 0 Å². The number of benzene rings is 1. The molecule has 2 bridgehead atoms. The number of fused-ring (bicyclic) bond motifs is 2. The summed E-state index contributed by atoms with van der Waals surface area (Å²) in [6, 6.07) is 6.76. The molecule has 2 atom stereocenters. The van der Waals surface area contributed by atoms with Crippen LogP contribution in [0.4, 0.5) is 0 Å². The number of nitrogens with one attached hydrogen (secondary N) is 1. The summed E-state index contributed by atoms with van der Waals surface area (Å²) in [5.74, 6) is 0.462. The van der Waals surface area contributed by atoms with E-state index in [1.807, 2.05) is 18.2 Å². The molecule has 1 N–H and O–H groups in total. The molecular weight excluding hydrogens is 238 g/mol. The Morgan fingerprint density at radius 2 is 1.84 bits per heavy atom. The molecule has 2 fully saturated rings. The van der Waals surface area contributed by atoms with Gasteiger partial charge in [-0.15, -0.1) is 0 Å². The lowest BCUT2D eigenvalue weighted by Crippen LogP contribution is -2.55. The highest BCUT2D eigenvalue weighted by atomic mass is 16.5. The van der Waals surface area contributed by atoms with Gasteiger partial charge in [0, 0.05) is 23.6 Å². The SMILES string of the molecule is Cc1ccc(C(=O)C2CC3COCC(C2)N3)cc1C. The first-order valence-corrected chi connectivity index (χ1v) is 7.09. The van der Waals surface area contributed by atoms with Gasteiger partial charge < -0.3 is 10.1 Å². The van der Waals surface area contributed by atoms with E-state index in [1.165, 1.54) is 11.1 Å². The molecule has 1 aromatic carbocycles. The van der Waals surface area contributed by atoms with E-state index in [0.29, 0.717) is 17.9 Å². The number of ketones is 1. The largest absolute Gasteiger partial charge is 0.378 e. The summed E-state index contributed by atoms with van der Waals surface area (Å²) in [5.41, 5.74) is 3.31. The molecule has 2 heterocycles. The van der Waals surface area contributed by atoms with Crippen molar-refractivity contribution in [3.8, 4) is 0 Å². The fraction of sp³-hybridized carbons (Fsp3) is 0.562. The van der Waals surface area contributed by atoms with Crippen LogP contribution in [0.15, 0.2) is 18.2 Å². The van der Waals surface area contributed by atoms with Crippen LogP contribution in [0.5, 0.6) is 0 Å². The number of ether oxygens (including phenoxy) is 1. The molecule has 0 spiro atoms. The summed E-state index contributed by atoms with van der Waals surface area (Å²) in [6.45, 7) is 5.63. The van der Waals surface area contributed by atoms with Gasteiger partial charge in [-0.1, -0.05) is 12.1 Å². The maximum Gasteiger partial charge on any atom is 0.166 e. The second-order valence-corrected chi connectivity index (χ2v) is 5.93. The van der Waals surface area contributed by atoms with Gasteiger partial charge in [-0.3, -0.25) is 4.79 Å². The zero-order chi connectivity index (χ0) is 13.4. The van der Waals surface area contributed by atoms with E-state index in [-0.39, 0.29) is 5.92 Å². The summed E-state index contributed by atoms with van der Waals surface area (Å²) in [4.78, 5) is 12.6. The van der Waals surface area contributed by atoms with E-state index in [4.69, 9.17) is 4.74 Å². The van der Waals surface area contributed by atoms with E-state index in [9.17, 15) is 4.79 Å². The van der Waals surface area contributed by atoms with Crippen molar-refractivity contribution in [3.05, 3.63) is 34.9 Å². The van der Waals surface area contributed by atoms with E-state index in [1.54, 1.807) is 0 Å². The van der Waals surface area contributed by atoms with Crippen LogP contribution in [-0.4, -0.2) is 31.1 Å². The molecule has 1 aromatic rings. The molecule has 102 valence electrons. The van der Waals surface area contributed by atoms with Crippen molar-refractivity contribution in [1.82, 2.24) is 5.32 Å². The van der Waals surface area contributed by atoms with Gasteiger partial charge in [-0.2, -0.15) is 0 Å². The van der Waals surface area contributed by atoms with Crippen molar-refractivity contribution in [2.24, 2.45) is 5.92 Å². The zero-order valence-corrected chi connectivity index (χ0v) is 11.6. The molecule has 19 heavy (non-hydrogen) atoms. The highest BCUT2D eigenvalue weighted by molar-refractivity contribution is 5.98. The molecule has 0 radical (unpaired) electrons. The van der Waals surface area contributed by atoms with Crippen LogP contribution in [0.3, 0.4) is 0 Å². The molecule has 0 aliphatic carbocycles. The van der Waals surface area contributed by atoms with Crippen molar-refractivity contribution in [2.75, 3.05) is 13.2 Å². The Hall–Kier alpha value is -1.19. The van der Waals surface area contributed by atoms with Gasteiger partial charge in [0.2, 0.25) is 0 Å². The number of hydrogen-bond acceptors (Lipinski definition) is 3. The van der Waals surface area contributed by atoms with E-state index < -0.39 is 0 Å². The van der Waals surface area contributed by atoms with Gasteiger partial charge in [0.1, 0.15) is 0 Å². The summed E-state index contributed by atoms with van der Waals surface area (Å²) in [5, 5.41) is 3.53. The van der Waals surface area contributed by atoms with Gasteiger partial charge in [-0.25, -0.2) is 0 Å². The topological polar surface area (TPSA) is 38.3 Å². The van der Waals surface area contributed by atoms with Crippen LogP contribution in [-0.2, 0) is 4.74 Å². The van der Waals surface area contributed by atoms with E-state index in [2.05, 4.69) is 19.2 Å². The lowest BCUT2D eigenvalue weighted by Gasteiger charge is -2.39. The second kappa shape index (κ2) is 5.06. The highest BCUT2D eigenvalue weighted by Gasteiger charge is 2.35. The molecule has 2 unspecified atom stereocenters. The van der Waals surface area contributed by atoms with Crippen LogP contribution in [0.1, 0.15) is 34.3 Å². The molecule has 3 nitrogen and oxygen atoms in total. The predicted octanol–water partition coefficient (Wildman–Crippen LogP) is 2.25. The molecule has 3 rings (SSSR count). The third kappa shape index (κ3) is 2.58. The fourth-order valence-electron chi connectivity index (χ4n) is 3.18. The first kappa shape index (κ1) is 12.8. The second-order valence-electron chi connectivity index (χ2n) is 5.93. The minimum absolute atomic E-state index is 0.155. The van der Waals surface area contributed by atoms with Crippen LogP contribution in [0.25, 0.3) is 0 Å². The lowest BCUT2D eigenvalue weighted by molar-refractivity contribution is 0.00953. The Labute approximate surface area is 114 Å². The van der Waals surface area contributed by atoms with E-state index in [0.717, 1.165) is 31.6 Å². The molecule has 0 amide bonds. The van der Waals surface area contributed by atoms with Gasteiger partial charge in [0.05, 0.1) is 13.2 Å². The summed E-state index contributed by atoms with van der Waals surface area (Å²) in [6.07, 6.45) is 1.81. The number of Topliss-reactive ketones (excluding diaryl/α,β-unsaturated/α-hetero) is 1. The Kier molecular flexibility index (Phi) is 3.42. The molecule has 0 aromatic heterocycles. The van der Waals surface area contributed by atoms with Crippen molar-refractivity contribution in [2.45, 2.75) is 38.8 Å². The number of carbonyl (C=O) groups is 1. The molecule has 3 heteroatoms. The molecule has 2 saturated heterocycles. The Morgan fingerprint density at radius 3 is 2.47 bits per heavy atom. The monoisotopic (exact) mass is 259 g/mol. The lowest BCUT2D eigenvalue weighted by atomic mass is 9.82. The summed E-state index contributed by atoms with van der Waals surface area (Å²) >= 11 is 0. The van der Waals surface area contributed by atoms with Gasteiger partial charge in [0.25, 0.3) is 0 Å². The number of rotatable bonds is 2. The van der Waals surface area contributed by atoms with Crippen LogP contribution in [0, 0.1) is 19.8 Å². The van der Waals surface area contributed by atoms with Gasteiger partial charge >= 0.3 is 0 Å². The molecular formula is C16H21NO2. The Balaban J connectivity index is 1.78. The smallest absolute Gasteiger partial charge is 0.166 e. The third-order valence-corrected chi connectivity index (χ3v) is 4.41. The average molecular weight is 259 g/mol. The minimum Gasteiger partial charge on any atom is -0.378 e. The summed E-state index contributed by atoms with van der Waals surface area (Å²) in [7, 11) is 0. The molecule has 2 aliphatic rings. The number of piperidine rings is 1. The number of aryl methyl sites for hydroxylation is 2. The zero-order valence-electron chi connectivity index (χ0n) is 11.6. The van der Waals surface area contributed by atoms with Crippen molar-refractivity contribution >= 4 is 5.78 Å². The molecule has 2 aliphatic heterocycles. The fourth-order valence-corrected chi connectivity index (χ4v) is 3.18. The van der Waals surface area contributed by atoms with E-state index >= 15 is 0 Å². The Morgan fingerprint density at radius 1 is 1.16 bits per heavy atom. The van der Waals surface area contributed by atoms with Gasteiger partial charge in [-0.05, 0) is 43.9 Å². The first-order chi connectivity index (χ1) is 9.13. The summed E-state index contributed by atoms with van der Waals surface area (Å²) < 4.78 is 5.53. The van der Waals surface area contributed by atoms with Crippen LogP contribution < -0.4 is 5.32 Å². The number of hydrogen-bond donors (Lipinski definition) is 1. The molecule has 0 saturated carbocycles. The van der Waals surface area contributed by atoms with Crippen molar-refractivity contribution in [1.29, 1.82) is 0 Å². The van der Waals surface area contributed by atoms with Crippen LogP contribution in [0.2, 0.25) is 0 Å². The maximum atomic E-state index is 12.6. The third-order valence-electron chi connectivity index (χ3n) is 4.41. The predicted molar refractivity (Wildman–Crippen MR) is 74.5 cm³/mol. The highest BCUT2D eigenvalue weighted by Crippen LogP contribution is 2.27. The minimum atomic E-state index is 0.155. The average Bonchev–Trinajstić information content (AvgIpc) is 2.40.